The monoisotopic (exact) mass is 375 g/mol. The molecule has 0 N–H and O–H groups in total. The van der Waals surface area contributed by atoms with Crippen molar-refractivity contribution in [3.63, 3.8) is 0 Å². The Kier molecular flexibility index (Phi) is 4.41. The lowest BCUT2D eigenvalue weighted by Gasteiger charge is -2.57. The van der Waals surface area contributed by atoms with E-state index in [1.54, 1.807) is 31.2 Å². The predicted octanol–water partition coefficient (Wildman–Crippen LogP) is 3.77. The van der Waals surface area contributed by atoms with Gasteiger partial charge >= 0.3 is 0 Å². The van der Waals surface area contributed by atoms with Crippen LogP contribution in [0.25, 0.3) is 0 Å². The van der Waals surface area contributed by atoms with Crippen LogP contribution in [0.15, 0.2) is 29.2 Å². The van der Waals surface area contributed by atoms with Crippen LogP contribution in [0.5, 0.6) is 0 Å². The number of carbonyl (C=O) groups excluding carboxylic acids is 1. The largest absolute Gasteiger partial charge is 0.341 e. The molecule has 26 heavy (non-hydrogen) atoms. The second kappa shape index (κ2) is 6.36. The average Bonchev–Trinajstić information content (AvgIpc) is 2.59. The van der Waals surface area contributed by atoms with Gasteiger partial charge in [0.2, 0.25) is 0 Å². The number of hydrogen-bond acceptors (Lipinski definition) is 3. The quantitative estimate of drug-likeness (QED) is 0.787. The second-order valence-electron chi connectivity index (χ2n) is 9.01. The fourth-order valence-corrected chi connectivity index (χ4v) is 7.13. The van der Waals surface area contributed by atoms with E-state index in [1.165, 1.54) is 38.5 Å². The molecule has 0 atom stereocenters. The van der Waals surface area contributed by atoms with Crippen LogP contribution in [-0.4, -0.2) is 38.6 Å². The van der Waals surface area contributed by atoms with Crippen LogP contribution >= 0.6 is 0 Å². The third-order valence-electron chi connectivity index (χ3n) is 6.92. The molecule has 142 valence electrons. The third-order valence-corrected chi connectivity index (χ3v) is 8.68. The molecule has 1 amide bonds. The van der Waals surface area contributed by atoms with Crippen molar-refractivity contribution in [2.45, 2.75) is 50.3 Å². The highest BCUT2D eigenvalue weighted by Crippen LogP contribution is 2.60. The molecule has 4 fully saturated rings. The lowest BCUT2D eigenvalue weighted by Crippen LogP contribution is -2.51. The summed E-state index contributed by atoms with van der Waals surface area (Å²) in [5.41, 5.74) is 0.900. The van der Waals surface area contributed by atoms with Gasteiger partial charge < -0.3 is 4.90 Å². The molecule has 0 heterocycles. The summed E-state index contributed by atoms with van der Waals surface area (Å²) in [6.45, 7) is 2.47. The Labute approximate surface area is 156 Å². The van der Waals surface area contributed by atoms with Crippen LogP contribution in [0.3, 0.4) is 0 Å². The van der Waals surface area contributed by atoms with Crippen molar-refractivity contribution in [2.24, 2.45) is 23.2 Å². The Morgan fingerprint density at radius 2 is 1.54 bits per heavy atom. The minimum Gasteiger partial charge on any atom is -0.341 e. The Hall–Kier alpha value is -1.36. The van der Waals surface area contributed by atoms with Gasteiger partial charge in [0.25, 0.3) is 5.91 Å². The van der Waals surface area contributed by atoms with E-state index in [0.717, 1.165) is 24.3 Å². The number of hydrogen-bond donors (Lipinski definition) is 0. The molecule has 4 nitrogen and oxygen atoms in total. The molecule has 0 aromatic heterocycles. The highest BCUT2D eigenvalue weighted by atomic mass is 32.2. The molecule has 4 bridgehead atoms. The maximum atomic E-state index is 12.9. The average molecular weight is 376 g/mol. The normalized spacial score (nSPS) is 32.6. The standard InChI is InChI=1S/C21H29NO3S/c1-3-26(24,25)19-6-4-18(5-7-19)20(23)22(2)14-21-11-15-8-16(12-21)10-17(9-15)13-21/h4-7,15-17H,3,8-14H2,1-2H3. The predicted molar refractivity (Wildman–Crippen MR) is 102 cm³/mol. The van der Waals surface area contributed by atoms with Crippen molar-refractivity contribution in [2.75, 3.05) is 19.3 Å². The summed E-state index contributed by atoms with van der Waals surface area (Å²) < 4.78 is 23.9. The van der Waals surface area contributed by atoms with Gasteiger partial charge in [-0.15, -0.1) is 0 Å². The van der Waals surface area contributed by atoms with Crippen LogP contribution in [0, 0.1) is 23.2 Å². The van der Waals surface area contributed by atoms with Crippen molar-refractivity contribution in [3.8, 4) is 0 Å². The van der Waals surface area contributed by atoms with Crippen LogP contribution in [0.1, 0.15) is 55.8 Å². The Morgan fingerprint density at radius 1 is 1.04 bits per heavy atom. The number of carbonyl (C=O) groups is 1. The highest BCUT2D eigenvalue weighted by molar-refractivity contribution is 7.91. The lowest BCUT2D eigenvalue weighted by molar-refractivity contribution is -0.0629. The van der Waals surface area contributed by atoms with Crippen molar-refractivity contribution >= 4 is 15.7 Å². The number of rotatable bonds is 5. The summed E-state index contributed by atoms with van der Waals surface area (Å²) in [7, 11) is -1.32. The molecule has 0 saturated heterocycles. The molecule has 0 unspecified atom stereocenters. The first-order valence-electron chi connectivity index (χ1n) is 9.88. The molecule has 1 aromatic carbocycles. The zero-order valence-corrected chi connectivity index (χ0v) is 16.6. The Morgan fingerprint density at radius 3 is 2.00 bits per heavy atom. The minimum absolute atomic E-state index is 0.00110. The number of sulfone groups is 1. The Balaban J connectivity index is 1.47. The van der Waals surface area contributed by atoms with Crippen molar-refractivity contribution < 1.29 is 13.2 Å². The summed E-state index contributed by atoms with van der Waals surface area (Å²) in [5, 5.41) is 0. The van der Waals surface area contributed by atoms with E-state index in [2.05, 4.69) is 0 Å². The van der Waals surface area contributed by atoms with Crippen LogP contribution in [-0.2, 0) is 9.84 Å². The molecule has 5 heteroatoms. The van der Waals surface area contributed by atoms with Crippen molar-refractivity contribution in [3.05, 3.63) is 29.8 Å². The van der Waals surface area contributed by atoms with Crippen LogP contribution in [0.2, 0.25) is 0 Å². The number of benzene rings is 1. The fourth-order valence-electron chi connectivity index (χ4n) is 6.25. The van der Waals surface area contributed by atoms with E-state index in [1.807, 2.05) is 11.9 Å². The molecule has 1 aromatic rings. The van der Waals surface area contributed by atoms with E-state index >= 15 is 0 Å². The van der Waals surface area contributed by atoms with Gasteiger partial charge in [0.15, 0.2) is 9.84 Å². The molecular weight excluding hydrogens is 346 g/mol. The highest BCUT2D eigenvalue weighted by Gasteiger charge is 2.51. The third kappa shape index (κ3) is 3.19. The smallest absolute Gasteiger partial charge is 0.253 e. The van der Waals surface area contributed by atoms with Crippen LogP contribution in [0.4, 0.5) is 0 Å². The first-order valence-corrected chi connectivity index (χ1v) is 11.5. The van der Waals surface area contributed by atoms with Gasteiger partial charge in [0.05, 0.1) is 10.6 Å². The van der Waals surface area contributed by atoms with E-state index in [-0.39, 0.29) is 11.7 Å². The molecule has 5 rings (SSSR count). The van der Waals surface area contributed by atoms with E-state index in [9.17, 15) is 13.2 Å². The first-order chi connectivity index (χ1) is 12.3. The maximum absolute atomic E-state index is 12.9. The molecule has 0 radical (unpaired) electrons. The summed E-state index contributed by atoms with van der Waals surface area (Å²) in [5.74, 6) is 2.71. The van der Waals surface area contributed by atoms with Crippen LogP contribution < -0.4 is 0 Å². The topological polar surface area (TPSA) is 54.5 Å². The van der Waals surface area contributed by atoms with E-state index in [0.29, 0.717) is 15.9 Å². The second-order valence-corrected chi connectivity index (χ2v) is 11.3. The SMILES string of the molecule is CCS(=O)(=O)c1ccc(C(=O)N(C)CC23CC4CC(CC(C4)C2)C3)cc1. The van der Waals surface area contributed by atoms with Gasteiger partial charge in [0, 0.05) is 19.2 Å². The van der Waals surface area contributed by atoms with Gasteiger partial charge in [-0.2, -0.15) is 0 Å². The number of amides is 1. The van der Waals surface area contributed by atoms with Gasteiger partial charge in [-0.3, -0.25) is 4.79 Å². The summed E-state index contributed by atoms with van der Waals surface area (Å²) >= 11 is 0. The molecular formula is C21H29NO3S. The van der Waals surface area contributed by atoms with Gasteiger partial charge in [-0.05, 0) is 86.0 Å². The summed E-state index contributed by atoms with van der Waals surface area (Å²) in [4.78, 5) is 15.0. The molecule has 0 spiro atoms. The van der Waals surface area contributed by atoms with Crippen molar-refractivity contribution in [1.29, 1.82) is 0 Å². The van der Waals surface area contributed by atoms with Gasteiger partial charge in [0.1, 0.15) is 0 Å². The van der Waals surface area contributed by atoms with Crippen molar-refractivity contribution in [1.82, 2.24) is 4.90 Å². The number of nitrogens with zero attached hydrogens (tertiary/aromatic N) is 1. The maximum Gasteiger partial charge on any atom is 0.253 e. The first kappa shape index (κ1) is 18.0. The van der Waals surface area contributed by atoms with E-state index < -0.39 is 9.84 Å². The zero-order valence-electron chi connectivity index (χ0n) is 15.8. The summed E-state index contributed by atoms with van der Waals surface area (Å²) in [6.07, 6.45) is 8.07. The summed E-state index contributed by atoms with van der Waals surface area (Å²) in [6, 6.07) is 6.43. The van der Waals surface area contributed by atoms with Gasteiger partial charge in [-0.25, -0.2) is 8.42 Å². The minimum atomic E-state index is -3.22. The zero-order chi connectivity index (χ0) is 18.5. The molecule has 4 aliphatic carbocycles. The van der Waals surface area contributed by atoms with Gasteiger partial charge in [-0.1, -0.05) is 6.92 Å². The fraction of sp³-hybridized carbons (Fsp3) is 0.667. The lowest BCUT2D eigenvalue weighted by atomic mass is 9.49. The Bertz CT molecular complexity index is 762. The molecule has 0 aliphatic heterocycles. The van der Waals surface area contributed by atoms with E-state index in [4.69, 9.17) is 0 Å². The molecule has 4 saturated carbocycles. The molecule has 4 aliphatic rings.